The third kappa shape index (κ3) is 1.26. The molecule has 56 valence electrons. The minimum absolute atomic E-state index is 0.444. The highest BCUT2D eigenvalue weighted by Gasteiger charge is 2.01. The molecule has 4 heteroatoms. The summed E-state index contributed by atoms with van der Waals surface area (Å²) in [5, 5.41) is 1.39. The van der Waals surface area contributed by atoms with Crippen LogP contribution in [0.2, 0.25) is 5.15 Å². The highest BCUT2D eigenvalue weighted by atomic mass is 79.9. The number of rotatable bonds is 0. The van der Waals surface area contributed by atoms with E-state index < -0.39 is 0 Å². The first-order valence-electron chi connectivity index (χ1n) is 2.96. The molecule has 2 heterocycles. The van der Waals surface area contributed by atoms with Crippen LogP contribution in [0.5, 0.6) is 0 Å². The molecule has 0 saturated carbocycles. The molecule has 0 aliphatic carbocycles. The number of nitrogens with zero attached hydrogens (tertiary/aromatic N) is 1. The van der Waals surface area contributed by atoms with Gasteiger partial charge in [0, 0.05) is 23.7 Å². The highest BCUT2D eigenvalue weighted by Crippen LogP contribution is 2.23. The van der Waals surface area contributed by atoms with Crippen molar-refractivity contribution in [3.63, 3.8) is 0 Å². The van der Waals surface area contributed by atoms with Gasteiger partial charge in [0.2, 0.25) is 0 Å². The predicted molar refractivity (Wildman–Crippen MR) is 46.7 cm³/mol. The molecule has 2 nitrogen and oxygen atoms in total. The summed E-state index contributed by atoms with van der Waals surface area (Å²) in [6.07, 6.45) is 1.67. The Morgan fingerprint density at radius 1 is 1.45 bits per heavy atom. The summed E-state index contributed by atoms with van der Waals surface area (Å²) < 4.78 is 5.93. The zero-order chi connectivity index (χ0) is 7.84. The Morgan fingerprint density at radius 3 is 3.09 bits per heavy atom. The molecule has 0 unspecified atom stereocenters. The van der Waals surface area contributed by atoms with E-state index in [0.717, 1.165) is 11.0 Å². The number of hydrogen-bond donors (Lipinski definition) is 0. The lowest BCUT2D eigenvalue weighted by Gasteiger charge is -1.86. The molecule has 0 spiro atoms. The van der Waals surface area contributed by atoms with Crippen LogP contribution in [-0.4, -0.2) is 4.98 Å². The molecule has 0 aromatic carbocycles. The molecule has 0 amide bonds. The molecule has 0 fully saturated rings. The molecule has 0 atom stereocenters. The zero-order valence-corrected chi connectivity index (χ0v) is 7.69. The van der Waals surface area contributed by atoms with E-state index in [9.17, 15) is 0 Å². The second-order valence-corrected chi connectivity index (χ2v) is 3.26. The van der Waals surface area contributed by atoms with Crippen molar-refractivity contribution < 1.29 is 4.42 Å². The summed E-state index contributed by atoms with van der Waals surface area (Å²) in [5.74, 6) is 0. The molecular weight excluding hydrogens is 229 g/mol. The van der Waals surface area contributed by atoms with Crippen LogP contribution in [0.1, 0.15) is 0 Å². The molecule has 0 saturated heterocycles. The second-order valence-electron chi connectivity index (χ2n) is 2.10. The van der Waals surface area contributed by atoms with Gasteiger partial charge in [-0.25, -0.2) is 4.98 Å². The topological polar surface area (TPSA) is 26.0 Å². The fourth-order valence-electron chi connectivity index (χ4n) is 0.877. The Morgan fingerprint density at radius 2 is 2.27 bits per heavy atom. The van der Waals surface area contributed by atoms with Gasteiger partial charge in [-0.1, -0.05) is 11.6 Å². The third-order valence-electron chi connectivity index (χ3n) is 1.34. The minimum Gasteiger partial charge on any atom is -0.449 e. The highest BCUT2D eigenvalue weighted by molar-refractivity contribution is 9.10. The summed E-state index contributed by atoms with van der Waals surface area (Å²) in [6, 6.07) is 3.53. The summed E-state index contributed by atoms with van der Waals surface area (Å²) in [4.78, 5) is 3.91. The summed E-state index contributed by atoms with van der Waals surface area (Å²) in [7, 11) is 0. The summed E-state index contributed by atoms with van der Waals surface area (Å²) in [6.45, 7) is 0. The van der Waals surface area contributed by atoms with Crippen LogP contribution < -0.4 is 0 Å². The van der Waals surface area contributed by atoms with E-state index in [4.69, 9.17) is 16.0 Å². The van der Waals surface area contributed by atoms with E-state index >= 15 is 0 Å². The Bertz CT molecular complexity index is 398. The Hall–Kier alpha value is -0.540. The van der Waals surface area contributed by atoms with Crippen molar-refractivity contribution in [1.82, 2.24) is 4.98 Å². The first kappa shape index (κ1) is 7.13. The zero-order valence-electron chi connectivity index (χ0n) is 5.34. The van der Waals surface area contributed by atoms with Crippen molar-refractivity contribution >= 4 is 38.5 Å². The minimum atomic E-state index is 0.444. The molecule has 0 aliphatic heterocycles. The van der Waals surface area contributed by atoms with Crippen LogP contribution >= 0.6 is 27.5 Å². The molecule has 0 aliphatic rings. The Balaban J connectivity index is 2.82. The first-order chi connectivity index (χ1) is 5.25. The van der Waals surface area contributed by atoms with E-state index in [1.165, 1.54) is 0 Å². The average Bonchev–Trinajstić information content (AvgIpc) is 2.27. The van der Waals surface area contributed by atoms with Crippen LogP contribution in [0, 0.1) is 0 Å². The normalized spacial score (nSPS) is 10.7. The van der Waals surface area contributed by atoms with Crippen molar-refractivity contribution in [2.45, 2.75) is 0 Å². The van der Waals surface area contributed by atoms with Crippen LogP contribution in [0.15, 0.2) is 27.4 Å². The lowest BCUT2D eigenvalue weighted by atomic mass is 10.3. The van der Waals surface area contributed by atoms with E-state index in [2.05, 4.69) is 20.9 Å². The molecule has 2 aromatic rings. The van der Waals surface area contributed by atoms with Gasteiger partial charge in [-0.15, -0.1) is 0 Å². The lowest BCUT2D eigenvalue weighted by molar-refractivity contribution is 0.587. The van der Waals surface area contributed by atoms with Crippen LogP contribution in [0.4, 0.5) is 0 Å². The van der Waals surface area contributed by atoms with Crippen molar-refractivity contribution in [2.24, 2.45) is 0 Å². The van der Waals surface area contributed by atoms with Gasteiger partial charge in [-0.05, 0) is 15.9 Å². The van der Waals surface area contributed by atoms with Gasteiger partial charge in [-0.3, -0.25) is 0 Å². The summed E-state index contributed by atoms with van der Waals surface area (Å²) in [5.41, 5.74) is 0.747. The number of halogens is 2. The van der Waals surface area contributed by atoms with E-state index in [1.54, 1.807) is 12.3 Å². The summed E-state index contributed by atoms with van der Waals surface area (Å²) >= 11 is 8.85. The van der Waals surface area contributed by atoms with Crippen LogP contribution in [0.3, 0.4) is 0 Å². The predicted octanol–water partition coefficient (Wildman–Crippen LogP) is 3.24. The number of hydrogen-bond acceptors (Lipinski definition) is 2. The molecule has 0 radical (unpaired) electrons. The van der Waals surface area contributed by atoms with Gasteiger partial charge in [-0.2, -0.15) is 0 Å². The molecular formula is C7H3BrClNO. The number of furan rings is 1. The quantitative estimate of drug-likeness (QED) is 0.652. The number of aromatic nitrogens is 1. The van der Waals surface area contributed by atoms with E-state index in [1.807, 2.05) is 6.07 Å². The fraction of sp³-hybridized carbons (Fsp3) is 0. The molecule has 0 bridgehead atoms. The van der Waals surface area contributed by atoms with Crippen LogP contribution in [0.25, 0.3) is 11.0 Å². The van der Waals surface area contributed by atoms with Gasteiger partial charge in [0.05, 0.1) is 0 Å². The Kier molecular flexibility index (Phi) is 1.62. The standard InChI is InChI=1S/C7H3BrClNO/c8-6-1-4-3-10-7(9)2-5(4)11-6/h1-3H. The van der Waals surface area contributed by atoms with Crippen molar-refractivity contribution in [1.29, 1.82) is 0 Å². The average molecular weight is 232 g/mol. The van der Waals surface area contributed by atoms with Crippen molar-refractivity contribution in [3.8, 4) is 0 Å². The smallest absolute Gasteiger partial charge is 0.170 e. The van der Waals surface area contributed by atoms with Crippen LogP contribution in [-0.2, 0) is 0 Å². The SMILES string of the molecule is Clc1cc2oc(Br)cc2cn1. The molecule has 2 rings (SSSR count). The molecule has 11 heavy (non-hydrogen) atoms. The van der Waals surface area contributed by atoms with Gasteiger partial charge < -0.3 is 4.42 Å². The van der Waals surface area contributed by atoms with Gasteiger partial charge in [0.25, 0.3) is 0 Å². The first-order valence-corrected chi connectivity index (χ1v) is 4.13. The maximum atomic E-state index is 5.64. The largest absolute Gasteiger partial charge is 0.449 e. The lowest BCUT2D eigenvalue weighted by Crippen LogP contribution is -1.70. The molecule has 0 N–H and O–H groups in total. The van der Waals surface area contributed by atoms with Crippen molar-refractivity contribution in [3.05, 3.63) is 28.2 Å². The second kappa shape index (κ2) is 2.50. The Labute approximate surface area is 76.3 Å². The van der Waals surface area contributed by atoms with Gasteiger partial charge in [0.1, 0.15) is 10.7 Å². The van der Waals surface area contributed by atoms with Gasteiger partial charge >= 0.3 is 0 Å². The van der Waals surface area contributed by atoms with E-state index in [-0.39, 0.29) is 0 Å². The van der Waals surface area contributed by atoms with E-state index in [0.29, 0.717) is 9.82 Å². The monoisotopic (exact) mass is 231 g/mol. The molecule has 2 aromatic heterocycles. The fourth-order valence-corrected chi connectivity index (χ4v) is 1.45. The number of fused-ring (bicyclic) bond motifs is 1. The van der Waals surface area contributed by atoms with Crippen molar-refractivity contribution in [2.75, 3.05) is 0 Å². The maximum absolute atomic E-state index is 5.64. The third-order valence-corrected chi connectivity index (χ3v) is 1.94. The number of pyridine rings is 1. The maximum Gasteiger partial charge on any atom is 0.170 e. The van der Waals surface area contributed by atoms with Gasteiger partial charge in [0.15, 0.2) is 4.67 Å².